The maximum Gasteiger partial charge on any atom is 0.283 e. The first-order valence-electron chi connectivity index (χ1n) is 11.9. The van der Waals surface area contributed by atoms with Crippen molar-refractivity contribution in [3.63, 3.8) is 0 Å². The van der Waals surface area contributed by atoms with Gasteiger partial charge in [-0.3, -0.25) is 14.5 Å². The Labute approximate surface area is 213 Å². The van der Waals surface area contributed by atoms with Gasteiger partial charge < -0.3 is 9.64 Å². The molecule has 0 atom stereocenters. The third-order valence-corrected chi connectivity index (χ3v) is 6.70. The highest BCUT2D eigenvalue weighted by molar-refractivity contribution is 8.14. The van der Waals surface area contributed by atoms with Crippen LogP contribution < -0.4 is 9.64 Å². The van der Waals surface area contributed by atoms with Gasteiger partial charge in [-0.1, -0.05) is 55.9 Å². The van der Waals surface area contributed by atoms with E-state index in [1.807, 2.05) is 62.9 Å². The second-order valence-electron chi connectivity index (χ2n) is 9.36. The molecule has 0 N–H and O–H groups in total. The second kappa shape index (κ2) is 11.6. The molecule has 0 bridgehead atoms. The molecule has 0 saturated carbocycles. The van der Waals surface area contributed by atoms with Crippen LogP contribution in [0.4, 0.5) is 5.69 Å². The summed E-state index contributed by atoms with van der Waals surface area (Å²) in [5.74, 6) is 1.05. The van der Waals surface area contributed by atoms with Gasteiger partial charge in [-0.15, -0.1) is 0 Å². The molecule has 0 fully saturated rings. The van der Waals surface area contributed by atoms with Crippen LogP contribution >= 0.6 is 11.8 Å². The zero-order chi connectivity index (χ0) is 25.7. The minimum absolute atomic E-state index is 0.0162. The Hall–Kier alpha value is -3.06. The lowest BCUT2D eigenvalue weighted by Gasteiger charge is -2.30. The quantitative estimate of drug-likeness (QED) is 0.427. The van der Waals surface area contributed by atoms with Gasteiger partial charge in [-0.2, -0.15) is 0 Å². The molecule has 0 spiro atoms. The van der Waals surface area contributed by atoms with Crippen LogP contribution in [-0.2, 0) is 9.59 Å². The molecule has 0 unspecified atom stereocenters. The van der Waals surface area contributed by atoms with Crippen molar-refractivity contribution in [1.29, 1.82) is 0 Å². The first-order valence-corrected chi connectivity index (χ1v) is 12.9. The predicted octanol–water partition coefficient (Wildman–Crippen LogP) is 5.94. The standard InChI is InChI=1S/C28H35N3O3S/c1-18(2)22-13-11-21(12-14-22)15-25-27(33)31(23-9-8-10-24(16-23)34-7)28(29-25)35-17-26(32)30(19(3)4)20(5)6/h8-16,18-20H,17H2,1-7H3. The molecule has 7 heteroatoms. The molecule has 186 valence electrons. The SMILES string of the molecule is COc1cccc(N2C(=O)C(=Cc3ccc(C(C)C)cc3)N=C2SCC(=O)N(C(C)C)C(C)C)c1. The highest BCUT2D eigenvalue weighted by Crippen LogP contribution is 2.32. The van der Waals surface area contributed by atoms with E-state index in [2.05, 4.69) is 31.0 Å². The zero-order valence-corrected chi connectivity index (χ0v) is 22.4. The number of thioether (sulfide) groups is 1. The summed E-state index contributed by atoms with van der Waals surface area (Å²) in [6.45, 7) is 12.3. The second-order valence-corrected chi connectivity index (χ2v) is 10.3. The van der Waals surface area contributed by atoms with Gasteiger partial charge in [0.1, 0.15) is 11.4 Å². The summed E-state index contributed by atoms with van der Waals surface area (Å²) in [7, 11) is 1.59. The predicted molar refractivity (Wildman–Crippen MR) is 146 cm³/mol. The van der Waals surface area contributed by atoms with Crippen molar-refractivity contribution in [3.8, 4) is 5.75 Å². The molecule has 35 heavy (non-hydrogen) atoms. The van der Waals surface area contributed by atoms with E-state index < -0.39 is 0 Å². The molecule has 2 amide bonds. The van der Waals surface area contributed by atoms with Crippen LogP contribution in [0.1, 0.15) is 58.6 Å². The number of methoxy groups -OCH3 is 1. The smallest absolute Gasteiger partial charge is 0.283 e. The van der Waals surface area contributed by atoms with Crippen molar-refractivity contribution in [1.82, 2.24) is 4.90 Å². The number of aliphatic imine (C=N–C) groups is 1. The van der Waals surface area contributed by atoms with Gasteiger partial charge in [0.25, 0.3) is 5.91 Å². The minimum Gasteiger partial charge on any atom is -0.497 e. The number of nitrogens with zero attached hydrogens (tertiary/aromatic N) is 3. The van der Waals surface area contributed by atoms with Crippen LogP contribution in [0.5, 0.6) is 5.75 Å². The van der Waals surface area contributed by atoms with Crippen LogP contribution in [0.25, 0.3) is 6.08 Å². The first-order chi connectivity index (χ1) is 16.6. The van der Waals surface area contributed by atoms with E-state index in [9.17, 15) is 9.59 Å². The highest BCUT2D eigenvalue weighted by atomic mass is 32.2. The number of hydrogen-bond acceptors (Lipinski definition) is 5. The molecule has 2 aromatic carbocycles. The summed E-state index contributed by atoms with van der Waals surface area (Å²) >= 11 is 1.28. The Morgan fingerprint density at radius 1 is 1.06 bits per heavy atom. The van der Waals surface area contributed by atoms with Gasteiger partial charge in [-0.25, -0.2) is 4.99 Å². The molecule has 3 rings (SSSR count). The number of benzene rings is 2. The summed E-state index contributed by atoms with van der Waals surface area (Å²) in [6.07, 6.45) is 1.80. The molecular weight excluding hydrogens is 458 g/mol. The van der Waals surface area contributed by atoms with E-state index in [0.717, 1.165) is 5.56 Å². The number of carbonyl (C=O) groups is 2. The molecular formula is C28H35N3O3S. The van der Waals surface area contributed by atoms with Gasteiger partial charge in [-0.05, 0) is 62.9 Å². The highest BCUT2D eigenvalue weighted by Gasteiger charge is 2.33. The van der Waals surface area contributed by atoms with Gasteiger partial charge in [0.05, 0.1) is 18.6 Å². The normalized spacial score (nSPS) is 14.9. The Morgan fingerprint density at radius 3 is 2.29 bits per heavy atom. The third-order valence-electron chi connectivity index (χ3n) is 5.77. The summed E-state index contributed by atoms with van der Waals surface area (Å²) < 4.78 is 5.36. The van der Waals surface area contributed by atoms with Crippen LogP contribution in [0, 0.1) is 0 Å². The number of carbonyl (C=O) groups excluding carboxylic acids is 2. The van der Waals surface area contributed by atoms with Gasteiger partial charge in [0.15, 0.2) is 5.17 Å². The summed E-state index contributed by atoms with van der Waals surface area (Å²) in [5, 5.41) is 0.481. The first kappa shape index (κ1) is 26.5. The Bertz CT molecular complexity index is 1110. The molecule has 1 aliphatic heterocycles. The van der Waals surface area contributed by atoms with Crippen LogP contribution in [0.15, 0.2) is 59.2 Å². The van der Waals surface area contributed by atoms with Gasteiger partial charge >= 0.3 is 0 Å². The van der Waals surface area contributed by atoms with Crippen LogP contribution in [-0.4, -0.2) is 46.8 Å². The van der Waals surface area contributed by atoms with E-state index in [1.165, 1.54) is 17.3 Å². The van der Waals surface area contributed by atoms with Crippen molar-refractivity contribution in [3.05, 3.63) is 65.4 Å². The van der Waals surface area contributed by atoms with E-state index in [4.69, 9.17) is 4.74 Å². The average Bonchev–Trinajstić information content (AvgIpc) is 3.12. The lowest BCUT2D eigenvalue weighted by molar-refractivity contribution is -0.131. The molecule has 2 aromatic rings. The lowest BCUT2D eigenvalue weighted by atomic mass is 10.0. The third kappa shape index (κ3) is 6.34. The fraction of sp³-hybridized carbons (Fsp3) is 0.393. The molecule has 0 saturated heterocycles. The molecule has 6 nitrogen and oxygen atoms in total. The molecule has 0 radical (unpaired) electrons. The average molecular weight is 494 g/mol. The van der Waals surface area contributed by atoms with Crippen LogP contribution in [0.2, 0.25) is 0 Å². The topological polar surface area (TPSA) is 62.2 Å². The number of anilines is 1. The van der Waals surface area contributed by atoms with E-state index >= 15 is 0 Å². The summed E-state index contributed by atoms with van der Waals surface area (Å²) in [4.78, 5) is 34.5. The van der Waals surface area contributed by atoms with Gasteiger partial charge in [0.2, 0.25) is 5.91 Å². The zero-order valence-electron chi connectivity index (χ0n) is 21.6. The van der Waals surface area contributed by atoms with E-state index in [0.29, 0.717) is 28.2 Å². The van der Waals surface area contributed by atoms with Crippen molar-refractivity contribution in [2.24, 2.45) is 4.99 Å². The van der Waals surface area contributed by atoms with Crippen molar-refractivity contribution >= 4 is 40.5 Å². The van der Waals surface area contributed by atoms with Crippen molar-refractivity contribution in [2.75, 3.05) is 17.8 Å². The number of rotatable bonds is 8. The van der Waals surface area contributed by atoms with Crippen molar-refractivity contribution < 1.29 is 14.3 Å². The Kier molecular flexibility index (Phi) is 8.78. The number of amidine groups is 1. The fourth-order valence-electron chi connectivity index (χ4n) is 4.08. The molecule has 1 heterocycles. The number of hydrogen-bond donors (Lipinski definition) is 0. The maximum atomic E-state index is 13.5. The Balaban J connectivity index is 1.93. The lowest BCUT2D eigenvalue weighted by Crippen LogP contribution is -2.43. The Morgan fingerprint density at radius 2 is 1.71 bits per heavy atom. The summed E-state index contributed by atoms with van der Waals surface area (Å²) in [5.41, 5.74) is 3.13. The molecule has 0 aliphatic carbocycles. The maximum absolute atomic E-state index is 13.5. The molecule has 0 aromatic heterocycles. The van der Waals surface area contributed by atoms with E-state index in [1.54, 1.807) is 24.2 Å². The summed E-state index contributed by atoms with van der Waals surface area (Å²) in [6, 6.07) is 15.6. The van der Waals surface area contributed by atoms with E-state index in [-0.39, 0.29) is 29.7 Å². The fourth-order valence-corrected chi connectivity index (χ4v) is 4.96. The number of amides is 2. The minimum atomic E-state index is -0.231. The van der Waals surface area contributed by atoms with Gasteiger partial charge in [0, 0.05) is 18.2 Å². The largest absolute Gasteiger partial charge is 0.497 e. The van der Waals surface area contributed by atoms with Crippen molar-refractivity contribution in [2.45, 2.75) is 59.5 Å². The van der Waals surface area contributed by atoms with Crippen LogP contribution in [0.3, 0.4) is 0 Å². The monoisotopic (exact) mass is 493 g/mol. The molecule has 1 aliphatic rings. The number of ether oxygens (including phenoxy) is 1.